The minimum absolute atomic E-state index is 0.0167. The molecule has 2 aromatic rings. The number of ether oxygens (including phenoxy) is 2. The van der Waals surface area contributed by atoms with Crippen LogP contribution in [0.25, 0.3) is 0 Å². The smallest absolute Gasteiger partial charge is 0.160 e. The monoisotopic (exact) mass is 277 g/mol. The highest BCUT2D eigenvalue weighted by Gasteiger charge is 2.11. The van der Waals surface area contributed by atoms with Crippen molar-refractivity contribution in [3.05, 3.63) is 45.6 Å². The van der Waals surface area contributed by atoms with Gasteiger partial charge in [0.25, 0.3) is 0 Å². The summed E-state index contributed by atoms with van der Waals surface area (Å²) in [5.74, 6) is 1.49. The fourth-order valence-electron chi connectivity index (χ4n) is 2.04. The van der Waals surface area contributed by atoms with Crippen LogP contribution in [-0.4, -0.2) is 14.2 Å². The summed E-state index contributed by atoms with van der Waals surface area (Å²) in [5.41, 5.74) is 8.58. The molecule has 1 heterocycles. The van der Waals surface area contributed by atoms with Gasteiger partial charge in [0, 0.05) is 10.9 Å². The number of benzene rings is 1. The zero-order valence-corrected chi connectivity index (χ0v) is 12.3. The number of rotatable bonds is 5. The van der Waals surface area contributed by atoms with Crippen molar-refractivity contribution < 1.29 is 9.47 Å². The van der Waals surface area contributed by atoms with Crippen molar-refractivity contribution in [1.82, 2.24) is 0 Å². The molecule has 0 bridgehead atoms. The lowest BCUT2D eigenvalue weighted by atomic mass is 10.0. The molecule has 1 aromatic heterocycles. The number of hydrogen-bond acceptors (Lipinski definition) is 4. The molecule has 19 heavy (non-hydrogen) atoms. The second-order valence-corrected chi connectivity index (χ2v) is 5.61. The van der Waals surface area contributed by atoms with Gasteiger partial charge in [0.05, 0.1) is 14.2 Å². The first-order chi connectivity index (χ1) is 9.13. The highest BCUT2D eigenvalue weighted by atomic mass is 32.1. The lowest BCUT2D eigenvalue weighted by Crippen LogP contribution is -2.12. The van der Waals surface area contributed by atoms with Gasteiger partial charge < -0.3 is 15.2 Å². The molecule has 0 fully saturated rings. The van der Waals surface area contributed by atoms with Crippen molar-refractivity contribution in [3.8, 4) is 11.5 Å². The van der Waals surface area contributed by atoms with Crippen LogP contribution in [0.3, 0.4) is 0 Å². The SMILES string of the molecule is COc1ccc(CC(N)c2csc(C)c2)cc1OC. The van der Waals surface area contributed by atoms with Gasteiger partial charge >= 0.3 is 0 Å². The van der Waals surface area contributed by atoms with Crippen LogP contribution in [-0.2, 0) is 6.42 Å². The van der Waals surface area contributed by atoms with E-state index < -0.39 is 0 Å². The summed E-state index contributed by atoms with van der Waals surface area (Å²) in [6.45, 7) is 2.09. The molecule has 0 aliphatic carbocycles. The van der Waals surface area contributed by atoms with E-state index in [1.165, 1.54) is 10.4 Å². The molecule has 0 spiro atoms. The molecule has 3 nitrogen and oxygen atoms in total. The number of nitrogens with two attached hydrogens (primary N) is 1. The van der Waals surface area contributed by atoms with Gasteiger partial charge in [-0.1, -0.05) is 6.07 Å². The summed E-state index contributed by atoms with van der Waals surface area (Å²) in [6, 6.07) is 8.09. The van der Waals surface area contributed by atoms with Crippen LogP contribution < -0.4 is 15.2 Å². The van der Waals surface area contributed by atoms with Crippen LogP contribution in [0.2, 0.25) is 0 Å². The van der Waals surface area contributed by atoms with Gasteiger partial charge in [-0.3, -0.25) is 0 Å². The zero-order chi connectivity index (χ0) is 13.8. The summed E-state index contributed by atoms with van der Waals surface area (Å²) in [7, 11) is 3.28. The lowest BCUT2D eigenvalue weighted by molar-refractivity contribution is 0.354. The highest BCUT2D eigenvalue weighted by Crippen LogP contribution is 2.29. The summed E-state index contributed by atoms with van der Waals surface area (Å²) >= 11 is 1.73. The van der Waals surface area contributed by atoms with Crippen molar-refractivity contribution in [2.24, 2.45) is 5.73 Å². The van der Waals surface area contributed by atoms with E-state index in [0.717, 1.165) is 23.5 Å². The van der Waals surface area contributed by atoms with E-state index >= 15 is 0 Å². The van der Waals surface area contributed by atoms with E-state index in [9.17, 15) is 0 Å². The maximum Gasteiger partial charge on any atom is 0.160 e. The fraction of sp³-hybridized carbons (Fsp3) is 0.333. The summed E-state index contributed by atoms with van der Waals surface area (Å²) in [5, 5.41) is 2.13. The molecule has 2 rings (SSSR count). The standard InChI is InChI=1S/C15H19NO2S/c1-10-6-12(9-19-10)13(16)7-11-4-5-14(17-2)15(8-11)18-3/h4-6,8-9,13H,7,16H2,1-3H3. The average Bonchev–Trinajstić information content (AvgIpc) is 2.85. The minimum atomic E-state index is 0.0167. The van der Waals surface area contributed by atoms with E-state index in [2.05, 4.69) is 18.4 Å². The molecule has 1 atom stereocenters. The summed E-state index contributed by atoms with van der Waals surface area (Å²) in [6.07, 6.45) is 0.788. The van der Waals surface area contributed by atoms with Crippen LogP contribution in [0.15, 0.2) is 29.6 Å². The molecule has 4 heteroatoms. The topological polar surface area (TPSA) is 44.5 Å². The third kappa shape index (κ3) is 3.28. The molecule has 2 N–H and O–H groups in total. The Kier molecular flexibility index (Phi) is 4.45. The fourth-order valence-corrected chi connectivity index (χ4v) is 2.81. The highest BCUT2D eigenvalue weighted by molar-refractivity contribution is 7.10. The van der Waals surface area contributed by atoms with Gasteiger partial charge in [0.1, 0.15) is 0 Å². The van der Waals surface area contributed by atoms with E-state index in [-0.39, 0.29) is 6.04 Å². The first-order valence-electron chi connectivity index (χ1n) is 6.15. The molecular formula is C15H19NO2S. The predicted octanol–water partition coefficient (Wildman–Crippen LogP) is 3.32. The third-order valence-electron chi connectivity index (χ3n) is 3.08. The van der Waals surface area contributed by atoms with Crippen LogP contribution in [0.4, 0.5) is 0 Å². The minimum Gasteiger partial charge on any atom is -0.493 e. The molecule has 102 valence electrons. The second-order valence-electron chi connectivity index (χ2n) is 4.49. The van der Waals surface area contributed by atoms with Crippen LogP contribution in [0.5, 0.6) is 11.5 Å². The third-order valence-corrected chi connectivity index (χ3v) is 3.96. The first kappa shape index (κ1) is 13.9. The Bertz CT molecular complexity index is 551. The predicted molar refractivity (Wildman–Crippen MR) is 79.2 cm³/mol. The molecule has 0 amide bonds. The number of aryl methyl sites for hydroxylation is 1. The van der Waals surface area contributed by atoms with E-state index in [1.54, 1.807) is 25.6 Å². The van der Waals surface area contributed by atoms with Crippen LogP contribution in [0, 0.1) is 6.92 Å². The molecule has 0 aliphatic heterocycles. The number of thiophene rings is 1. The summed E-state index contributed by atoms with van der Waals surface area (Å²) < 4.78 is 10.5. The Morgan fingerprint density at radius 1 is 1.16 bits per heavy atom. The molecule has 0 saturated heterocycles. The normalized spacial score (nSPS) is 12.2. The van der Waals surface area contributed by atoms with Gasteiger partial charge in [-0.15, -0.1) is 11.3 Å². The Labute approximate surface area is 118 Å². The van der Waals surface area contributed by atoms with Crippen molar-refractivity contribution >= 4 is 11.3 Å². The Morgan fingerprint density at radius 2 is 1.89 bits per heavy atom. The van der Waals surface area contributed by atoms with Gasteiger partial charge in [0.15, 0.2) is 11.5 Å². The van der Waals surface area contributed by atoms with Crippen LogP contribution in [0.1, 0.15) is 22.0 Å². The van der Waals surface area contributed by atoms with E-state index in [0.29, 0.717) is 0 Å². The Hall–Kier alpha value is -1.52. The molecule has 0 radical (unpaired) electrons. The number of hydrogen-bond donors (Lipinski definition) is 1. The van der Waals surface area contributed by atoms with Gasteiger partial charge in [-0.2, -0.15) is 0 Å². The first-order valence-corrected chi connectivity index (χ1v) is 7.03. The Balaban J connectivity index is 2.14. The lowest BCUT2D eigenvalue weighted by Gasteiger charge is -2.13. The Morgan fingerprint density at radius 3 is 2.47 bits per heavy atom. The molecular weight excluding hydrogens is 258 g/mol. The van der Waals surface area contributed by atoms with Crippen molar-refractivity contribution in [2.75, 3.05) is 14.2 Å². The van der Waals surface area contributed by atoms with Crippen molar-refractivity contribution in [3.63, 3.8) is 0 Å². The maximum atomic E-state index is 6.24. The largest absolute Gasteiger partial charge is 0.493 e. The van der Waals surface area contributed by atoms with Crippen LogP contribution >= 0.6 is 11.3 Å². The molecule has 0 aliphatic rings. The maximum absolute atomic E-state index is 6.24. The quantitative estimate of drug-likeness (QED) is 0.912. The van der Waals surface area contributed by atoms with E-state index in [1.807, 2.05) is 18.2 Å². The average molecular weight is 277 g/mol. The summed E-state index contributed by atoms with van der Waals surface area (Å²) in [4.78, 5) is 1.29. The second kappa shape index (κ2) is 6.08. The van der Waals surface area contributed by atoms with E-state index in [4.69, 9.17) is 15.2 Å². The van der Waals surface area contributed by atoms with Gasteiger partial charge in [0.2, 0.25) is 0 Å². The molecule has 1 unspecified atom stereocenters. The van der Waals surface area contributed by atoms with Crippen molar-refractivity contribution in [2.45, 2.75) is 19.4 Å². The number of methoxy groups -OCH3 is 2. The zero-order valence-electron chi connectivity index (χ0n) is 11.5. The molecule has 1 aromatic carbocycles. The molecule has 0 saturated carbocycles. The van der Waals surface area contributed by atoms with Gasteiger partial charge in [-0.05, 0) is 48.1 Å². The van der Waals surface area contributed by atoms with Gasteiger partial charge in [-0.25, -0.2) is 0 Å². The van der Waals surface area contributed by atoms with Crippen molar-refractivity contribution in [1.29, 1.82) is 0 Å².